The highest BCUT2D eigenvalue weighted by molar-refractivity contribution is 6.15. The average Bonchev–Trinajstić information content (AvgIpc) is 3.01. The number of carbonyl (C=O) groups excluding carboxylic acids is 1. The van der Waals surface area contributed by atoms with Crippen LogP contribution in [-0.2, 0) is 12.0 Å². The molecule has 4 rings (SSSR count). The van der Waals surface area contributed by atoms with Crippen molar-refractivity contribution in [3.63, 3.8) is 0 Å². The Morgan fingerprint density at radius 1 is 1.23 bits per heavy atom. The van der Waals surface area contributed by atoms with Crippen molar-refractivity contribution in [1.29, 1.82) is 0 Å². The van der Waals surface area contributed by atoms with E-state index in [2.05, 4.69) is 44.7 Å². The number of hydrogen-bond donors (Lipinski definition) is 1. The molecule has 2 aromatic carbocycles. The van der Waals surface area contributed by atoms with Crippen LogP contribution in [0.4, 0.5) is 0 Å². The number of ether oxygens (including phenoxy) is 1. The molecule has 0 aromatic heterocycles. The number of likely N-dealkylation sites (tertiary alicyclic amines) is 1. The van der Waals surface area contributed by atoms with E-state index in [0.29, 0.717) is 29.5 Å². The zero-order chi connectivity index (χ0) is 22.3. The van der Waals surface area contributed by atoms with Crippen LogP contribution in [0, 0.1) is 12.8 Å². The van der Waals surface area contributed by atoms with Crippen molar-refractivity contribution >= 4 is 11.9 Å². The largest absolute Gasteiger partial charge is 0.507 e. The van der Waals surface area contributed by atoms with Gasteiger partial charge in [-0.3, -0.25) is 9.69 Å². The van der Waals surface area contributed by atoms with Crippen molar-refractivity contribution in [3.8, 4) is 11.5 Å². The Hall–Kier alpha value is -2.59. The van der Waals surface area contributed by atoms with Crippen LogP contribution in [-0.4, -0.2) is 28.9 Å². The maximum Gasteiger partial charge on any atom is 0.232 e. The molecular formula is C27H33NO3. The summed E-state index contributed by atoms with van der Waals surface area (Å²) in [6.07, 6.45) is 4.20. The monoisotopic (exact) mass is 419 g/mol. The number of nitrogens with zero attached hydrogens (tertiary/aromatic N) is 1. The van der Waals surface area contributed by atoms with Crippen LogP contribution in [0.2, 0.25) is 0 Å². The summed E-state index contributed by atoms with van der Waals surface area (Å²) >= 11 is 0. The zero-order valence-electron chi connectivity index (χ0n) is 19.3. The quantitative estimate of drug-likeness (QED) is 0.635. The van der Waals surface area contributed by atoms with Gasteiger partial charge in [0.15, 0.2) is 5.76 Å². The zero-order valence-corrected chi connectivity index (χ0v) is 19.3. The van der Waals surface area contributed by atoms with Crippen molar-refractivity contribution in [2.75, 3.05) is 13.1 Å². The number of allylic oxidation sites excluding steroid dienone is 1. The number of aromatic hydroxyl groups is 1. The third-order valence-electron chi connectivity index (χ3n) is 6.42. The number of aryl methyl sites for hydroxylation is 1. The molecule has 1 unspecified atom stereocenters. The summed E-state index contributed by atoms with van der Waals surface area (Å²) < 4.78 is 6.11. The van der Waals surface area contributed by atoms with Crippen LogP contribution in [0.5, 0.6) is 11.5 Å². The lowest BCUT2D eigenvalue weighted by atomic mass is 9.86. The Kier molecular flexibility index (Phi) is 5.69. The summed E-state index contributed by atoms with van der Waals surface area (Å²) in [4.78, 5) is 15.5. The summed E-state index contributed by atoms with van der Waals surface area (Å²) in [6, 6.07) is 9.93. The van der Waals surface area contributed by atoms with Gasteiger partial charge in [-0.2, -0.15) is 0 Å². The van der Waals surface area contributed by atoms with Crippen LogP contribution >= 0.6 is 0 Å². The van der Waals surface area contributed by atoms with Crippen LogP contribution < -0.4 is 4.74 Å². The molecule has 0 saturated carbocycles. The van der Waals surface area contributed by atoms with E-state index in [1.807, 2.05) is 19.1 Å². The smallest absolute Gasteiger partial charge is 0.232 e. The minimum Gasteiger partial charge on any atom is -0.507 e. The third-order valence-corrected chi connectivity index (χ3v) is 6.42. The maximum absolute atomic E-state index is 13.2. The summed E-state index contributed by atoms with van der Waals surface area (Å²) in [5.74, 6) is 1.58. The fraction of sp³-hybridized carbons (Fsp3) is 0.444. The normalized spacial score (nSPS) is 20.7. The van der Waals surface area contributed by atoms with Crippen LogP contribution in [0.25, 0.3) is 6.08 Å². The van der Waals surface area contributed by atoms with E-state index in [-0.39, 0.29) is 16.9 Å². The first-order chi connectivity index (χ1) is 14.6. The van der Waals surface area contributed by atoms with E-state index in [9.17, 15) is 9.90 Å². The Morgan fingerprint density at radius 3 is 2.58 bits per heavy atom. The number of phenols is 1. The number of fused-ring (bicyclic) bond motifs is 1. The lowest BCUT2D eigenvalue weighted by Gasteiger charge is -2.31. The maximum atomic E-state index is 13.2. The first-order valence-electron chi connectivity index (χ1n) is 11.3. The second-order valence-electron chi connectivity index (χ2n) is 10.2. The Balaban J connectivity index is 1.64. The Morgan fingerprint density at radius 2 is 1.94 bits per heavy atom. The fourth-order valence-corrected chi connectivity index (χ4v) is 4.62. The van der Waals surface area contributed by atoms with E-state index >= 15 is 0 Å². The van der Waals surface area contributed by atoms with Crippen molar-refractivity contribution < 1.29 is 14.6 Å². The molecule has 0 aliphatic carbocycles. The van der Waals surface area contributed by atoms with Crippen molar-refractivity contribution in [2.45, 2.75) is 59.4 Å². The number of hydrogen-bond acceptors (Lipinski definition) is 4. The van der Waals surface area contributed by atoms with Gasteiger partial charge in [-0.1, -0.05) is 52.0 Å². The van der Waals surface area contributed by atoms with E-state index in [1.54, 1.807) is 12.1 Å². The minimum absolute atomic E-state index is 0.0804. The lowest BCUT2D eigenvalue weighted by molar-refractivity contribution is 0.101. The van der Waals surface area contributed by atoms with Gasteiger partial charge < -0.3 is 9.84 Å². The summed E-state index contributed by atoms with van der Waals surface area (Å²) in [7, 11) is 0. The van der Waals surface area contributed by atoms with Crippen molar-refractivity contribution in [3.05, 3.63) is 63.9 Å². The van der Waals surface area contributed by atoms with Crippen LogP contribution in [0.3, 0.4) is 0 Å². The second-order valence-corrected chi connectivity index (χ2v) is 10.2. The minimum atomic E-state index is -0.110. The molecule has 4 nitrogen and oxygen atoms in total. The first kappa shape index (κ1) is 21.6. The second kappa shape index (κ2) is 8.16. The van der Waals surface area contributed by atoms with E-state index < -0.39 is 0 Å². The Labute approximate surface area is 185 Å². The van der Waals surface area contributed by atoms with Gasteiger partial charge in [0.1, 0.15) is 11.5 Å². The van der Waals surface area contributed by atoms with Gasteiger partial charge in [0.2, 0.25) is 5.78 Å². The van der Waals surface area contributed by atoms with Crippen LogP contribution in [0.1, 0.15) is 73.1 Å². The summed E-state index contributed by atoms with van der Waals surface area (Å²) in [5.41, 5.74) is 4.30. The molecule has 0 amide bonds. The molecule has 1 N–H and O–H groups in total. The topological polar surface area (TPSA) is 49.8 Å². The molecule has 31 heavy (non-hydrogen) atoms. The molecule has 0 bridgehead atoms. The van der Waals surface area contributed by atoms with Crippen molar-refractivity contribution in [1.82, 2.24) is 4.90 Å². The molecule has 2 aliphatic heterocycles. The molecule has 1 atom stereocenters. The highest BCUT2D eigenvalue weighted by Crippen LogP contribution is 2.42. The Bertz CT molecular complexity index is 1030. The van der Waals surface area contributed by atoms with Gasteiger partial charge in [-0.15, -0.1) is 0 Å². The van der Waals surface area contributed by atoms with Gasteiger partial charge >= 0.3 is 0 Å². The van der Waals surface area contributed by atoms with Gasteiger partial charge in [-0.05, 0) is 66.5 Å². The van der Waals surface area contributed by atoms with Gasteiger partial charge in [0.25, 0.3) is 0 Å². The number of piperidine rings is 1. The van der Waals surface area contributed by atoms with E-state index in [4.69, 9.17) is 4.74 Å². The SMILES string of the molecule is Cc1cc(O)c(CN2CCCC(C)C2)c2c1C(=O)/C(=C\c1ccc(C(C)(C)C)cc1)O2. The molecule has 4 heteroatoms. The highest BCUT2D eigenvalue weighted by Gasteiger charge is 2.34. The molecule has 2 aromatic rings. The third kappa shape index (κ3) is 4.40. The first-order valence-corrected chi connectivity index (χ1v) is 11.3. The fourth-order valence-electron chi connectivity index (χ4n) is 4.62. The number of rotatable bonds is 3. The molecule has 2 aliphatic rings. The molecule has 0 radical (unpaired) electrons. The van der Waals surface area contributed by atoms with E-state index in [1.165, 1.54) is 12.0 Å². The molecular weight excluding hydrogens is 386 g/mol. The number of ketones is 1. The van der Waals surface area contributed by atoms with Gasteiger partial charge in [-0.25, -0.2) is 0 Å². The van der Waals surface area contributed by atoms with Gasteiger partial charge in [0.05, 0.1) is 11.1 Å². The summed E-state index contributed by atoms with van der Waals surface area (Å²) in [5, 5.41) is 10.7. The molecule has 1 saturated heterocycles. The molecule has 2 heterocycles. The molecule has 1 fully saturated rings. The number of carbonyl (C=O) groups is 1. The number of benzene rings is 2. The lowest BCUT2D eigenvalue weighted by Crippen LogP contribution is -2.33. The van der Waals surface area contributed by atoms with E-state index in [0.717, 1.165) is 36.2 Å². The number of Topliss-reactive ketones (excluding diaryl/α,β-unsaturated/α-hetero) is 1. The van der Waals surface area contributed by atoms with Crippen LogP contribution in [0.15, 0.2) is 36.1 Å². The average molecular weight is 420 g/mol. The molecule has 0 spiro atoms. The van der Waals surface area contributed by atoms with Gasteiger partial charge in [0, 0.05) is 13.1 Å². The molecule has 164 valence electrons. The summed E-state index contributed by atoms with van der Waals surface area (Å²) in [6.45, 7) is 13.3. The highest BCUT2D eigenvalue weighted by atomic mass is 16.5. The predicted octanol–water partition coefficient (Wildman–Crippen LogP) is 5.85. The number of phenolic OH excluding ortho intramolecular Hbond substituents is 1. The standard InChI is InChI=1S/C27H33NO3/c1-17-7-6-12-28(15-17)16-21-22(29)13-18(2)24-25(30)23(31-26(21)24)14-19-8-10-20(11-9-19)27(3,4)5/h8-11,13-14,17,29H,6-7,12,15-16H2,1-5H3/b23-14+. The predicted molar refractivity (Wildman–Crippen MR) is 125 cm³/mol. The van der Waals surface area contributed by atoms with Crippen molar-refractivity contribution in [2.24, 2.45) is 5.92 Å².